The number of carbonyl (C=O) groups is 1. The Kier molecular flexibility index (Phi) is 7.32. The molecule has 3 N–H and O–H groups in total. The highest BCUT2D eigenvalue weighted by Crippen LogP contribution is 2.35. The lowest BCUT2D eigenvalue weighted by molar-refractivity contribution is -0.127. The Morgan fingerprint density at radius 2 is 2.19 bits per heavy atom. The van der Waals surface area contributed by atoms with Gasteiger partial charge in [0.15, 0.2) is 17.6 Å². The fourth-order valence-electron chi connectivity index (χ4n) is 1.87. The molecule has 1 rings (SSSR count). The van der Waals surface area contributed by atoms with E-state index in [1.807, 2.05) is 6.92 Å². The van der Waals surface area contributed by atoms with E-state index in [1.54, 1.807) is 19.1 Å². The van der Waals surface area contributed by atoms with Crippen LogP contribution in [0.5, 0.6) is 11.5 Å². The Balaban J connectivity index is 2.96. The zero-order valence-electron chi connectivity index (χ0n) is 12.7. The number of benzene rings is 1. The van der Waals surface area contributed by atoms with Crippen LogP contribution in [-0.4, -0.2) is 32.2 Å². The molecule has 1 amide bonds. The second kappa shape index (κ2) is 8.74. The largest absolute Gasteiger partial charge is 0.493 e. The first-order valence-electron chi connectivity index (χ1n) is 7.04. The number of nitrogens with two attached hydrogens (primary N) is 1. The average molecular weight is 315 g/mol. The first kappa shape index (κ1) is 17.6. The zero-order valence-corrected chi connectivity index (χ0v) is 13.5. The van der Waals surface area contributed by atoms with Gasteiger partial charge in [-0.2, -0.15) is 0 Å². The molecule has 1 atom stereocenters. The van der Waals surface area contributed by atoms with Gasteiger partial charge in [0, 0.05) is 23.2 Å². The van der Waals surface area contributed by atoms with Crippen molar-refractivity contribution in [3.8, 4) is 11.5 Å². The Labute approximate surface area is 130 Å². The van der Waals surface area contributed by atoms with Gasteiger partial charge in [0.2, 0.25) is 0 Å². The number of carbonyl (C=O) groups excluding carboxylic acids is 1. The van der Waals surface area contributed by atoms with Crippen LogP contribution in [0, 0.1) is 0 Å². The van der Waals surface area contributed by atoms with Crippen LogP contribution in [0.25, 0.3) is 0 Å². The number of halogens is 1. The normalized spacial score (nSPS) is 11.9. The third-order valence-corrected chi connectivity index (χ3v) is 3.16. The van der Waals surface area contributed by atoms with Crippen molar-refractivity contribution in [1.82, 2.24) is 5.32 Å². The first-order chi connectivity index (χ1) is 10.0. The van der Waals surface area contributed by atoms with Gasteiger partial charge < -0.3 is 20.5 Å². The van der Waals surface area contributed by atoms with Gasteiger partial charge in [0.25, 0.3) is 5.91 Å². The highest BCUT2D eigenvalue weighted by molar-refractivity contribution is 6.30. The maximum atomic E-state index is 11.9. The van der Waals surface area contributed by atoms with E-state index >= 15 is 0 Å². The SMILES string of the molecule is CCCNC(=O)C(C)Oc1c(CCN)cc(Cl)cc1OC. The predicted octanol–water partition coefficient (Wildman–Crippen LogP) is 2.14. The lowest BCUT2D eigenvalue weighted by Crippen LogP contribution is -2.36. The fraction of sp³-hybridized carbons (Fsp3) is 0.533. The lowest BCUT2D eigenvalue weighted by Gasteiger charge is -2.19. The van der Waals surface area contributed by atoms with E-state index in [4.69, 9.17) is 26.8 Å². The number of nitrogens with one attached hydrogen (secondary N) is 1. The molecule has 1 aromatic rings. The molecule has 0 radical (unpaired) electrons. The van der Waals surface area contributed by atoms with Crippen molar-refractivity contribution in [2.75, 3.05) is 20.2 Å². The number of rotatable bonds is 8. The molecule has 5 nitrogen and oxygen atoms in total. The molecule has 0 spiro atoms. The van der Waals surface area contributed by atoms with Crippen molar-refractivity contribution in [3.63, 3.8) is 0 Å². The van der Waals surface area contributed by atoms with Gasteiger partial charge in [0.1, 0.15) is 0 Å². The summed E-state index contributed by atoms with van der Waals surface area (Å²) in [6.45, 7) is 4.77. The maximum Gasteiger partial charge on any atom is 0.260 e. The van der Waals surface area contributed by atoms with Crippen LogP contribution in [0.3, 0.4) is 0 Å². The third-order valence-electron chi connectivity index (χ3n) is 2.94. The summed E-state index contributed by atoms with van der Waals surface area (Å²) < 4.78 is 11.1. The molecule has 0 aliphatic rings. The molecule has 6 heteroatoms. The Bertz CT molecular complexity index is 480. The molecule has 0 heterocycles. The van der Waals surface area contributed by atoms with Gasteiger partial charge >= 0.3 is 0 Å². The van der Waals surface area contributed by atoms with Crippen LogP contribution in [-0.2, 0) is 11.2 Å². The Morgan fingerprint density at radius 1 is 1.48 bits per heavy atom. The topological polar surface area (TPSA) is 73.6 Å². The van der Waals surface area contributed by atoms with Crippen molar-refractivity contribution in [2.24, 2.45) is 5.73 Å². The maximum absolute atomic E-state index is 11.9. The summed E-state index contributed by atoms with van der Waals surface area (Å²) in [5, 5.41) is 3.34. The molecular formula is C15H23ClN2O3. The molecule has 21 heavy (non-hydrogen) atoms. The Hall–Kier alpha value is -1.46. The molecule has 0 fully saturated rings. The number of methoxy groups -OCH3 is 1. The minimum absolute atomic E-state index is 0.160. The molecule has 0 aliphatic heterocycles. The number of amides is 1. The molecule has 0 aliphatic carbocycles. The summed E-state index contributed by atoms with van der Waals surface area (Å²) in [6, 6.07) is 3.44. The van der Waals surface area contributed by atoms with Crippen LogP contribution >= 0.6 is 11.6 Å². The zero-order chi connectivity index (χ0) is 15.8. The van der Waals surface area contributed by atoms with Crippen molar-refractivity contribution < 1.29 is 14.3 Å². The standard InChI is InChI=1S/C15H23ClN2O3/c1-4-7-18-15(19)10(2)21-14-11(5-6-17)8-12(16)9-13(14)20-3/h8-10H,4-7,17H2,1-3H3,(H,18,19). The number of hydrogen-bond acceptors (Lipinski definition) is 4. The summed E-state index contributed by atoms with van der Waals surface area (Å²) in [7, 11) is 1.53. The van der Waals surface area contributed by atoms with E-state index < -0.39 is 6.10 Å². The summed E-state index contributed by atoms with van der Waals surface area (Å²) in [5.74, 6) is 0.861. The summed E-state index contributed by atoms with van der Waals surface area (Å²) in [4.78, 5) is 11.9. The number of hydrogen-bond donors (Lipinski definition) is 2. The summed E-state index contributed by atoms with van der Waals surface area (Å²) >= 11 is 6.05. The second-order valence-electron chi connectivity index (χ2n) is 4.69. The highest BCUT2D eigenvalue weighted by atomic mass is 35.5. The fourth-order valence-corrected chi connectivity index (χ4v) is 2.10. The van der Waals surface area contributed by atoms with Crippen LogP contribution in [0.4, 0.5) is 0 Å². The van der Waals surface area contributed by atoms with Gasteiger partial charge in [-0.3, -0.25) is 4.79 Å². The summed E-state index contributed by atoms with van der Waals surface area (Å²) in [5.41, 5.74) is 6.44. The monoisotopic (exact) mass is 314 g/mol. The van der Waals surface area contributed by atoms with E-state index in [0.29, 0.717) is 36.0 Å². The predicted molar refractivity (Wildman–Crippen MR) is 84.2 cm³/mol. The second-order valence-corrected chi connectivity index (χ2v) is 5.12. The Morgan fingerprint density at radius 3 is 2.76 bits per heavy atom. The molecule has 1 aromatic carbocycles. The summed E-state index contributed by atoms with van der Waals surface area (Å²) in [6.07, 6.45) is 0.847. The minimum Gasteiger partial charge on any atom is -0.493 e. The molecule has 118 valence electrons. The van der Waals surface area contributed by atoms with Crippen molar-refractivity contribution in [3.05, 3.63) is 22.7 Å². The van der Waals surface area contributed by atoms with E-state index in [1.165, 1.54) is 7.11 Å². The van der Waals surface area contributed by atoms with Crippen LogP contribution in [0.2, 0.25) is 5.02 Å². The molecular weight excluding hydrogens is 292 g/mol. The molecule has 0 saturated heterocycles. The van der Waals surface area contributed by atoms with Gasteiger partial charge in [-0.1, -0.05) is 18.5 Å². The number of ether oxygens (including phenoxy) is 2. The van der Waals surface area contributed by atoms with Gasteiger partial charge in [-0.15, -0.1) is 0 Å². The average Bonchev–Trinajstić information content (AvgIpc) is 2.47. The molecule has 0 aromatic heterocycles. The van der Waals surface area contributed by atoms with Crippen LogP contribution in [0.1, 0.15) is 25.8 Å². The van der Waals surface area contributed by atoms with Crippen LogP contribution < -0.4 is 20.5 Å². The van der Waals surface area contributed by atoms with E-state index in [0.717, 1.165) is 12.0 Å². The highest BCUT2D eigenvalue weighted by Gasteiger charge is 2.19. The van der Waals surface area contributed by atoms with E-state index in [-0.39, 0.29) is 5.91 Å². The minimum atomic E-state index is -0.622. The van der Waals surface area contributed by atoms with Crippen molar-refractivity contribution in [1.29, 1.82) is 0 Å². The van der Waals surface area contributed by atoms with Crippen molar-refractivity contribution in [2.45, 2.75) is 32.8 Å². The van der Waals surface area contributed by atoms with Gasteiger partial charge in [-0.05, 0) is 32.4 Å². The third kappa shape index (κ3) is 5.10. The quantitative estimate of drug-likeness (QED) is 0.771. The van der Waals surface area contributed by atoms with Gasteiger partial charge in [-0.25, -0.2) is 0 Å². The van der Waals surface area contributed by atoms with Crippen molar-refractivity contribution >= 4 is 17.5 Å². The van der Waals surface area contributed by atoms with E-state index in [9.17, 15) is 4.79 Å². The van der Waals surface area contributed by atoms with E-state index in [2.05, 4.69) is 5.32 Å². The molecule has 1 unspecified atom stereocenters. The molecule has 0 bridgehead atoms. The van der Waals surface area contributed by atoms with Crippen LogP contribution in [0.15, 0.2) is 12.1 Å². The smallest absolute Gasteiger partial charge is 0.260 e. The van der Waals surface area contributed by atoms with Gasteiger partial charge in [0.05, 0.1) is 7.11 Å². The first-order valence-corrected chi connectivity index (χ1v) is 7.42. The molecule has 0 saturated carbocycles. The lowest BCUT2D eigenvalue weighted by atomic mass is 10.1.